The van der Waals surface area contributed by atoms with Crippen LogP contribution in [0.4, 0.5) is 0 Å². The van der Waals surface area contributed by atoms with E-state index in [0.717, 1.165) is 19.3 Å². The predicted octanol–water partition coefficient (Wildman–Crippen LogP) is 12.5. The summed E-state index contributed by atoms with van der Waals surface area (Å²) in [5, 5.41) is 31.1. The van der Waals surface area contributed by atoms with Gasteiger partial charge < -0.3 is 20.6 Å². The first-order chi connectivity index (χ1) is 23.6. The monoisotopic (exact) mass is 684 g/mol. The Bertz CT molecular complexity index is 553. The van der Waals surface area contributed by atoms with Gasteiger partial charge in [0.05, 0.1) is 18.8 Å². The molecule has 290 valence electrons. The summed E-state index contributed by atoms with van der Waals surface area (Å²) in [5.74, 6) is 0. The largest absolute Gasteiger partial charge is 0.394 e. The van der Waals surface area contributed by atoms with Crippen molar-refractivity contribution in [3.05, 3.63) is 0 Å². The molecule has 3 unspecified atom stereocenters. The molecule has 0 bridgehead atoms. The first-order valence-electron chi connectivity index (χ1n) is 21.8. The van der Waals surface area contributed by atoms with E-state index in [-0.39, 0.29) is 6.61 Å². The van der Waals surface area contributed by atoms with Crippen molar-refractivity contribution in [3.63, 3.8) is 0 Å². The molecule has 0 aliphatic carbocycles. The zero-order valence-corrected chi connectivity index (χ0v) is 33.0. The third kappa shape index (κ3) is 39.8. The number of hydrogen-bond donors (Lipinski definition) is 4. The molecule has 4 N–H and O–H groups in total. The zero-order valence-electron chi connectivity index (χ0n) is 33.0. The van der Waals surface area contributed by atoms with Crippen LogP contribution < -0.4 is 5.32 Å². The molecular formula is C43H89NO4. The van der Waals surface area contributed by atoms with Crippen molar-refractivity contribution >= 4 is 6.41 Å². The molecular weight excluding hydrogens is 594 g/mol. The highest BCUT2D eigenvalue weighted by molar-refractivity contribution is 5.46. The SMILES string of the molecule is CCCCCCCCCCCCCCC(O)C(O)C(CO)NC=O.CCCCCCCCCCCCCCCCCCCCCCCC. The molecule has 0 aliphatic rings. The van der Waals surface area contributed by atoms with Crippen molar-refractivity contribution in [3.8, 4) is 0 Å². The molecule has 0 saturated carbocycles. The van der Waals surface area contributed by atoms with Gasteiger partial charge >= 0.3 is 0 Å². The second-order valence-electron chi connectivity index (χ2n) is 14.9. The Balaban J connectivity index is 0. The summed E-state index contributed by atoms with van der Waals surface area (Å²) in [4.78, 5) is 10.4. The number of rotatable bonds is 39. The molecule has 0 spiro atoms. The molecule has 0 radical (unpaired) electrons. The van der Waals surface area contributed by atoms with E-state index in [9.17, 15) is 15.0 Å². The first kappa shape index (κ1) is 49.5. The Morgan fingerprint density at radius 3 is 0.854 bits per heavy atom. The van der Waals surface area contributed by atoms with Gasteiger partial charge in [0.2, 0.25) is 6.41 Å². The molecule has 0 heterocycles. The normalized spacial score (nSPS) is 13.1. The fourth-order valence-corrected chi connectivity index (χ4v) is 6.66. The van der Waals surface area contributed by atoms with Gasteiger partial charge in [-0.2, -0.15) is 0 Å². The summed E-state index contributed by atoms with van der Waals surface area (Å²) in [6.45, 7) is 6.47. The van der Waals surface area contributed by atoms with Crippen molar-refractivity contribution in [2.24, 2.45) is 0 Å². The van der Waals surface area contributed by atoms with Crippen LogP contribution >= 0.6 is 0 Å². The highest BCUT2D eigenvalue weighted by Crippen LogP contribution is 2.16. The molecule has 0 fully saturated rings. The predicted molar refractivity (Wildman–Crippen MR) is 211 cm³/mol. The average Bonchev–Trinajstić information content (AvgIpc) is 3.10. The second-order valence-corrected chi connectivity index (χ2v) is 14.9. The fraction of sp³-hybridized carbons (Fsp3) is 0.977. The lowest BCUT2D eigenvalue weighted by Gasteiger charge is -2.24. The highest BCUT2D eigenvalue weighted by Gasteiger charge is 2.24. The van der Waals surface area contributed by atoms with E-state index in [0.29, 0.717) is 12.8 Å². The maximum absolute atomic E-state index is 10.4. The quantitative estimate of drug-likeness (QED) is 0.0383. The van der Waals surface area contributed by atoms with Gasteiger partial charge in [0.25, 0.3) is 0 Å². The van der Waals surface area contributed by atoms with E-state index in [1.54, 1.807) is 0 Å². The van der Waals surface area contributed by atoms with Crippen LogP contribution in [0.2, 0.25) is 0 Å². The Kier molecular flexibility index (Phi) is 45.7. The number of aliphatic hydroxyl groups excluding tert-OH is 3. The summed E-state index contributed by atoms with van der Waals surface area (Å²) < 4.78 is 0. The van der Waals surface area contributed by atoms with E-state index in [2.05, 4.69) is 26.1 Å². The summed E-state index contributed by atoms with van der Waals surface area (Å²) in [6, 6.07) is -0.796. The van der Waals surface area contributed by atoms with Crippen LogP contribution in [-0.4, -0.2) is 46.6 Å². The molecule has 0 aromatic rings. The van der Waals surface area contributed by atoms with E-state index < -0.39 is 18.2 Å². The number of unbranched alkanes of at least 4 members (excludes halogenated alkanes) is 32. The molecule has 0 rings (SSSR count). The van der Waals surface area contributed by atoms with Crippen LogP contribution in [0.1, 0.15) is 245 Å². The van der Waals surface area contributed by atoms with E-state index in [1.165, 1.54) is 199 Å². The summed E-state index contributed by atoms with van der Waals surface area (Å²) in [6.07, 6.45) is 46.4. The van der Waals surface area contributed by atoms with Gasteiger partial charge in [-0.3, -0.25) is 4.79 Å². The van der Waals surface area contributed by atoms with Crippen molar-refractivity contribution in [1.82, 2.24) is 5.32 Å². The van der Waals surface area contributed by atoms with Crippen LogP contribution in [0, 0.1) is 0 Å². The second kappa shape index (κ2) is 44.4. The molecule has 1 amide bonds. The van der Waals surface area contributed by atoms with Crippen molar-refractivity contribution < 1.29 is 20.1 Å². The van der Waals surface area contributed by atoms with Gasteiger partial charge in [-0.05, 0) is 6.42 Å². The van der Waals surface area contributed by atoms with Crippen LogP contribution in [0.5, 0.6) is 0 Å². The Morgan fingerprint density at radius 1 is 0.417 bits per heavy atom. The third-order valence-electron chi connectivity index (χ3n) is 10.1. The number of carbonyl (C=O) groups excluding carboxylic acids is 1. The van der Waals surface area contributed by atoms with E-state index >= 15 is 0 Å². The van der Waals surface area contributed by atoms with Crippen LogP contribution in [0.3, 0.4) is 0 Å². The lowest BCUT2D eigenvalue weighted by molar-refractivity contribution is -0.112. The van der Waals surface area contributed by atoms with Gasteiger partial charge in [0, 0.05) is 0 Å². The molecule has 0 aromatic heterocycles. The highest BCUT2D eigenvalue weighted by atomic mass is 16.3. The lowest BCUT2D eigenvalue weighted by Crippen LogP contribution is -2.48. The Labute approximate surface area is 301 Å². The number of hydrogen-bond acceptors (Lipinski definition) is 4. The van der Waals surface area contributed by atoms with Gasteiger partial charge in [-0.15, -0.1) is 0 Å². The summed E-state index contributed by atoms with van der Waals surface area (Å²) in [5.41, 5.74) is 0. The molecule has 3 atom stereocenters. The van der Waals surface area contributed by atoms with Crippen molar-refractivity contribution in [1.29, 1.82) is 0 Å². The van der Waals surface area contributed by atoms with Crippen molar-refractivity contribution in [2.75, 3.05) is 6.61 Å². The van der Waals surface area contributed by atoms with Crippen LogP contribution in [-0.2, 0) is 4.79 Å². The summed E-state index contributed by atoms with van der Waals surface area (Å²) in [7, 11) is 0. The first-order valence-corrected chi connectivity index (χ1v) is 21.8. The van der Waals surface area contributed by atoms with Gasteiger partial charge in [0.1, 0.15) is 6.10 Å². The minimum atomic E-state index is -1.12. The van der Waals surface area contributed by atoms with Gasteiger partial charge in [-0.25, -0.2) is 0 Å². The minimum absolute atomic E-state index is 0.380. The van der Waals surface area contributed by atoms with E-state index in [4.69, 9.17) is 5.11 Å². The smallest absolute Gasteiger partial charge is 0.207 e. The van der Waals surface area contributed by atoms with Gasteiger partial charge in [0.15, 0.2) is 0 Å². The maximum atomic E-state index is 10.4. The molecule has 48 heavy (non-hydrogen) atoms. The van der Waals surface area contributed by atoms with E-state index in [1.807, 2.05) is 0 Å². The summed E-state index contributed by atoms with van der Waals surface area (Å²) >= 11 is 0. The molecule has 5 nitrogen and oxygen atoms in total. The topological polar surface area (TPSA) is 89.8 Å². The minimum Gasteiger partial charge on any atom is -0.394 e. The Morgan fingerprint density at radius 2 is 0.646 bits per heavy atom. The van der Waals surface area contributed by atoms with Crippen molar-refractivity contribution in [2.45, 2.75) is 264 Å². The average molecular weight is 684 g/mol. The number of nitrogens with one attached hydrogen (secondary N) is 1. The molecule has 0 saturated heterocycles. The zero-order chi connectivity index (χ0) is 35.6. The van der Waals surface area contributed by atoms with Gasteiger partial charge in [-0.1, -0.05) is 239 Å². The third-order valence-corrected chi connectivity index (χ3v) is 10.1. The number of carbonyl (C=O) groups is 1. The standard InChI is InChI=1S/C24H50.C19H39NO4/c1-3-5-7-9-11-13-15-17-19-21-23-24-22-20-18-16-14-12-10-8-6-4-2;1-2-3-4-5-6-7-8-9-10-11-12-13-14-18(23)19(24)17(15-21)20-16-22/h3-24H2,1-2H3;16-19,21,23-24H,2-15H2,1H3,(H,20,22). The molecule has 0 aliphatic heterocycles. The van der Waals surface area contributed by atoms with Crippen LogP contribution in [0.25, 0.3) is 0 Å². The lowest BCUT2D eigenvalue weighted by atomic mass is 9.99. The number of amides is 1. The fourth-order valence-electron chi connectivity index (χ4n) is 6.66. The Hall–Kier alpha value is -0.650. The van der Waals surface area contributed by atoms with Crippen LogP contribution in [0.15, 0.2) is 0 Å². The molecule has 5 heteroatoms. The molecule has 0 aromatic carbocycles. The maximum Gasteiger partial charge on any atom is 0.207 e. The number of aliphatic hydroxyl groups is 3.